The average molecular weight is 393 g/mol. The first-order valence-corrected chi connectivity index (χ1v) is 9.82. The van der Waals surface area contributed by atoms with Crippen molar-refractivity contribution in [2.24, 2.45) is 0 Å². The molecule has 0 saturated carbocycles. The smallest absolute Gasteiger partial charge is 0.249 e. The first-order valence-electron chi connectivity index (χ1n) is 9.44. The molecule has 1 amide bonds. The second-order valence-corrected chi connectivity index (χ2v) is 7.59. The summed E-state index contributed by atoms with van der Waals surface area (Å²) in [4.78, 5) is 16.7. The summed E-state index contributed by atoms with van der Waals surface area (Å²) in [5, 5.41) is 8.81. The zero-order valence-electron chi connectivity index (χ0n) is 16.8. The number of nitrogens with zero attached hydrogens (tertiary/aromatic N) is 4. The van der Waals surface area contributed by atoms with Crippen molar-refractivity contribution in [3.8, 4) is 11.5 Å². The van der Waals surface area contributed by atoms with E-state index in [4.69, 9.17) is 16.0 Å². The number of halogens is 1. The summed E-state index contributed by atoms with van der Waals surface area (Å²) < 4.78 is 5.79. The standard InChI is InChI=1S/C20H29ClN4O2/c1-6-11-24(13-19(26)25(14(2)3)15(4)5)12-18-22-23-20(27-18)16-9-7-8-10-17(16)21/h7-10,14-15H,6,11-13H2,1-5H3. The van der Waals surface area contributed by atoms with Gasteiger partial charge in [-0.05, 0) is 52.8 Å². The van der Waals surface area contributed by atoms with Gasteiger partial charge in [0.2, 0.25) is 17.7 Å². The fourth-order valence-electron chi connectivity index (χ4n) is 3.23. The van der Waals surface area contributed by atoms with Crippen LogP contribution in [-0.2, 0) is 11.3 Å². The number of amides is 1. The summed E-state index contributed by atoms with van der Waals surface area (Å²) in [6.45, 7) is 11.8. The van der Waals surface area contributed by atoms with Crippen LogP contribution < -0.4 is 0 Å². The van der Waals surface area contributed by atoms with E-state index in [-0.39, 0.29) is 18.0 Å². The van der Waals surface area contributed by atoms with E-state index in [0.717, 1.165) is 13.0 Å². The molecule has 0 aliphatic rings. The van der Waals surface area contributed by atoms with Crippen LogP contribution in [0.5, 0.6) is 0 Å². The molecule has 0 fully saturated rings. The molecular formula is C20H29ClN4O2. The van der Waals surface area contributed by atoms with Crippen molar-refractivity contribution < 1.29 is 9.21 Å². The predicted molar refractivity (Wildman–Crippen MR) is 107 cm³/mol. The average Bonchev–Trinajstić information content (AvgIpc) is 3.03. The maximum absolute atomic E-state index is 12.8. The maximum Gasteiger partial charge on any atom is 0.249 e. The molecule has 1 heterocycles. The lowest BCUT2D eigenvalue weighted by Crippen LogP contribution is -2.47. The first kappa shape index (κ1) is 21.4. The van der Waals surface area contributed by atoms with Crippen LogP contribution in [0.4, 0.5) is 0 Å². The zero-order chi connectivity index (χ0) is 20.0. The highest BCUT2D eigenvalue weighted by Gasteiger charge is 2.23. The van der Waals surface area contributed by atoms with Crippen molar-refractivity contribution in [3.05, 3.63) is 35.2 Å². The molecule has 0 N–H and O–H groups in total. The molecule has 0 saturated heterocycles. The van der Waals surface area contributed by atoms with Crippen molar-refractivity contribution in [2.45, 2.75) is 59.7 Å². The van der Waals surface area contributed by atoms with E-state index in [1.54, 1.807) is 6.07 Å². The van der Waals surface area contributed by atoms with Gasteiger partial charge in [-0.25, -0.2) is 0 Å². The molecule has 0 aliphatic heterocycles. The molecule has 27 heavy (non-hydrogen) atoms. The Balaban J connectivity index is 2.10. The van der Waals surface area contributed by atoms with Gasteiger partial charge in [-0.15, -0.1) is 10.2 Å². The molecule has 0 radical (unpaired) electrons. The molecule has 0 unspecified atom stereocenters. The van der Waals surface area contributed by atoms with Crippen LogP contribution in [0, 0.1) is 0 Å². The predicted octanol–water partition coefficient (Wildman–Crippen LogP) is 4.25. The fourth-order valence-corrected chi connectivity index (χ4v) is 3.44. The van der Waals surface area contributed by atoms with Crippen LogP contribution in [0.3, 0.4) is 0 Å². The molecule has 7 heteroatoms. The topological polar surface area (TPSA) is 62.5 Å². The van der Waals surface area contributed by atoms with E-state index < -0.39 is 0 Å². The Kier molecular flexibility index (Phi) is 7.80. The molecule has 1 aromatic heterocycles. The Bertz CT molecular complexity index is 737. The molecule has 0 spiro atoms. The summed E-state index contributed by atoms with van der Waals surface area (Å²) in [5.74, 6) is 0.982. The van der Waals surface area contributed by atoms with Crippen LogP contribution in [0.2, 0.25) is 5.02 Å². The van der Waals surface area contributed by atoms with Gasteiger partial charge in [-0.2, -0.15) is 0 Å². The van der Waals surface area contributed by atoms with Gasteiger partial charge in [0.15, 0.2) is 0 Å². The fraction of sp³-hybridized carbons (Fsp3) is 0.550. The Labute approximate surface area is 166 Å². The molecule has 1 aromatic carbocycles. The van der Waals surface area contributed by atoms with Crippen LogP contribution in [0.15, 0.2) is 28.7 Å². The van der Waals surface area contributed by atoms with E-state index in [2.05, 4.69) is 17.1 Å². The number of rotatable bonds is 9. The highest BCUT2D eigenvalue weighted by Crippen LogP contribution is 2.26. The minimum absolute atomic E-state index is 0.110. The van der Waals surface area contributed by atoms with Crippen LogP contribution in [0.25, 0.3) is 11.5 Å². The molecule has 6 nitrogen and oxygen atoms in total. The lowest BCUT2D eigenvalue weighted by atomic mass is 10.2. The highest BCUT2D eigenvalue weighted by atomic mass is 35.5. The van der Waals surface area contributed by atoms with Crippen LogP contribution in [-0.4, -0.2) is 51.1 Å². The molecule has 0 atom stereocenters. The molecular weight excluding hydrogens is 364 g/mol. The van der Waals surface area contributed by atoms with Crippen molar-refractivity contribution in [2.75, 3.05) is 13.1 Å². The quantitative estimate of drug-likeness (QED) is 0.638. The molecule has 148 valence electrons. The van der Waals surface area contributed by atoms with E-state index in [9.17, 15) is 4.79 Å². The van der Waals surface area contributed by atoms with Gasteiger partial charge in [-0.1, -0.05) is 30.7 Å². The van der Waals surface area contributed by atoms with Crippen molar-refractivity contribution in [3.63, 3.8) is 0 Å². The monoisotopic (exact) mass is 392 g/mol. The van der Waals surface area contributed by atoms with E-state index in [1.807, 2.05) is 55.7 Å². The van der Waals surface area contributed by atoms with Crippen LogP contribution in [0.1, 0.15) is 46.9 Å². The number of aromatic nitrogens is 2. The van der Waals surface area contributed by atoms with Gasteiger partial charge in [0, 0.05) is 12.1 Å². The second-order valence-electron chi connectivity index (χ2n) is 7.18. The summed E-state index contributed by atoms with van der Waals surface area (Å²) in [5.41, 5.74) is 0.710. The normalized spacial score (nSPS) is 11.6. The number of hydrogen-bond donors (Lipinski definition) is 0. The molecule has 2 aromatic rings. The summed E-state index contributed by atoms with van der Waals surface area (Å²) in [6.07, 6.45) is 0.933. The summed E-state index contributed by atoms with van der Waals surface area (Å²) >= 11 is 6.20. The van der Waals surface area contributed by atoms with Crippen LogP contribution >= 0.6 is 11.6 Å². The Morgan fingerprint density at radius 3 is 2.41 bits per heavy atom. The van der Waals surface area contributed by atoms with Gasteiger partial charge in [0.1, 0.15) is 0 Å². The zero-order valence-corrected chi connectivity index (χ0v) is 17.5. The number of carbonyl (C=O) groups excluding carboxylic acids is 1. The lowest BCUT2D eigenvalue weighted by molar-refractivity contribution is -0.136. The van der Waals surface area contributed by atoms with Crippen molar-refractivity contribution in [1.82, 2.24) is 20.0 Å². The summed E-state index contributed by atoms with van der Waals surface area (Å²) in [7, 11) is 0. The second kappa shape index (κ2) is 9.85. The van der Waals surface area contributed by atoms with Gasteiger partial charge in [-0.3, -0.25) is 9.69 Å². The highest BCUT2D eigenvalue weighted by molar-refractivity contribution is 6.33. The molecule has 0 aliphatic carbocycles. The van der Waals surface area contributed by atoms with E-state index >= 15 is 0 Å². The van der Waals surface area contributed by atoms with E-state index in [0.29, 0.717) is 35.5 Å². The minimum Gasteiger partial charge on any atom is -0.419 e. The maximum atomic E-state index is 12.8. The Hall–Kier alpha value is -1.92. The van der Waals surface area contributed by atoms with Crippen molar-refractivity contribution in [1.29, 1.82) is 0 Å². The number of hydrogen-bond acceptors (Lipinski definition) is 5. The van der Waals surface area contributed by atoms with Crippen molar-refractivity contribution >= 4 is 17.5 Å². The minimum atomic E-state index is 0.110. The first-order chi connectivity index (χ1) is 12.8. The largest absolute Gasteiger partial charge is 0.419 e. The Morgan fingerprint density at radius 1 is 1.15 bits per heavy atom. The SMILES string of the molecule is CCCN(CC(=O)N(C(C)C)C(C)C)Cc1nnc(-c2ccccc2Cl)o1. The van der Waals surface area contributed by atoms with Gasteiger partial charge in [0.25, 0.3) is 0 Å². The molecule has 2 rings (SSSR count). The third kappa shape index (κ3) is 5.78. The van der Waals surface area contributed by atoms with Gasteiger partial charge < -0.3 is 9.32 Å². The molecule has 0 bridgehead atoms. The third-order valence-electron chi connectivity index (χ3n) is 4.23. The van der Waals surface area contributed by atoms with Gasteiger partial charge >= 0.3 is 0 Å². The Morgan fingerprint density at radius 2 is 1.81 bits per heavy atom. The number of carbonyl (C=O) groups is 1. The van der Waals surface area contributed by atoms with Gasteiger partial charge in [0.05, 0.1) is 23.7 Å². The lowest BCUT2D eigenvalue weighted by Gasteiger charge is -2.33. The number of benzene rings is 1. The third-order valence-corrected chi connectivity index (χ3v) is 4.56. The summed E-state index contributed by atoms with van der Waals surface area (Å²) in [6, 6.07) is 7.69. The van der Waals surface area contributed by atoms with E-state index in [1.165, 1.54) is 0 Å².